The van der Waals surface area contributed by atoms with Crippen molar-refractivity contribution in [3.05, 3.63) is 29.3 Å². The third-order valence-corrected chi connectivity index (χ3v) is 3.55. The van der Waals surface area contributed by atoms with E-state index in [2.05, 4.69) is 32.0 Å². The van der Waals surface area contributed by atoms with E-state index in [1.165, 1.54) is 30.4 Å². The second kappa shape index (κ2) is 5.31. The van der Waals surface area contributed by atoms with Gasteiger partial charge in [-0.1, -0.05) is 12.1 Å². The first-order chi connectivity index (χ1) is 8.48. The molecule has 0 saturated carbocycles. The molecule has 0 bridgehead atoms. The molecule has 2 heteroatoms. The van der Waals surface area contributed by atoms with Crippen LogP contribution in [-0.2, 0) is 12.8 Å². The molecule has 0 saturated heterocycles. The molecule has 1 aromatic rings. The highest BCUT2D eigenvalue weighted by molar-refractivity contribution is 5.42. The van der Waals surface area contributed by atoms with E-state index in [0.717, 1.165) is 18.6 Å². The molecule has 1 atom stereocenters. The lowest BCUT2D eigenvalue weighted by Gasteiger charge is -2.30. The maximum Gasteiger partial charge on any atom is 0.123 e. The molecular weight excluding hydrogens is 222 g/mol. The van der Waals surface area contributed by atoms with Crippen LogP contribution in [0, 0.1) is 0 Å². The van der Waals surface area contributed by atoms with Crippen molar-refractivity contribution < 1.29 is 4.74 Å². The highest BCUT2D eigenvalue weighted by Crippen LogP contribution is 2.32. The average molecular weight is 247 g/mol. The highest BCUT2D eigenvalue weighted by atomic mass is 16.5. The largest absolute Gasteiger partial charge is 0.488 e. The molecule has 0 heterocycles. The molecule has 0 aromatic heterocycles. The quantitative estimate of drug-likeness (QED) is 0.884. The maximum atomic E-state index is 6.23. The first-order valence-corrected chi connectivity index (χ1v) is 7.03. The second-order valence-corrected chi connectivity index (χ2v) is 6.14. The molecule has 2 nitrogen and oxygen atoms in total. The molecule has 0 radical (unpaired) electrons. The van der Waals surface area contributed by atoms with Crippen molar-refractivity contribution in [1.82, 2.24) is 0 Å². The molecule has 1 unspecified atom stereocenters. The van der Waals surface area contributed by atoms with Crippen molar-refractivity contribution in [3.8, 4) is 5.75 Å². The summed E-state index contributed by atoms with van der Waals surface area (Å²) in [4.78, 5) is 0. The van der Waals surface area contributed by atoms with Gasteiger partial charge in [-0.05, 0) is 63.6 Å². The van der Waals surface area contributed by atoms with E-state index in [1.54, 1.807) is 0 Å². The lowest BCUT2D eigenvalue weighted by molar-refractivity contribution is 0.0917. The zero-order valence-corrected chi connectivity index (χ0v) is 11.8. The van der Waals surface area contributed by atoms with Gasteiger partial charge in [-0.15, -0.1) is 0 Å². The fraction of sp³-hybridized carbons (Fsp3) is 0.625. The van der Waals surface area contributed by atoms with Crippen LogP contribution in [0.1, 0.15) is 51.2 Å². The zero-order valence-electron chi connectivity index (χ0n) is 11.8. The van der Waals surface area contributed by atoms with Crippen molar-refractivity contribution in [2.75, 3.05) is 0 Å². The summed E-state index contributed by atoms with van der Waals surface area (Å²) >= 11 is 0. The van der Waals surface area contributed by atoms with E-state index in [9.17, 15) is 0 Å². The van der Waals surface area contributed by atoms with E-state index in [0.29, 0.717) is 0 Å². The van der Waals surface area contributed by atoms with Gasteiger partial charge in [0.2, 0.25) is 0 Å². The molecule has 1 aliphatic carbocycles. The first kappa shape index (κ1) is 13.4. The normalized spacial score (nSPS) is 17.1. The Labute approximate surface area is 111 Å². The Bertz CT molecular complexity index is 410. The van der Waals surface area contributed by atoms with Crippen LogP contribution < -0.4 is 10.5 Å². The first-order valence-electron chi connectivity index (χ1n) is 7.03. The van der Waals surface area contributed by atoms with Gasteiger partial charge in [-0.3, -0.25) is 0 Å². The van der Waals surface area contributed by atoms with Crippen LogP contribution in [-0.4, -0.2) is 11.6 Å². The van der Waals surface area contributed by atoms with Gasteiger partial charge in [0, 0.05) is 12.5 Å². The zero-order chi connectivity index (χ0) is 13.2. The number of nitrogens with two attached hydrogens (primary N) is 1. The predicted molar refractivity (Wildman–Crippen MR) is 76.1 cm³/mol. The summed E-state index contributed by atoms with van der Waals surface area (Å²) in [7, 11) is 0. The number of hydrogen-bond acceptors (Lipinski definition) is 2. The van der Waals surface area contributed by atoms with Crippen LogP contribution in [0.4, 0.5) is 0 Å². The van der Waals surface area contributed by atoms with Crippen molar-refractivity contribution in [2.24, 2.45) is 5.73 Å². The van der Waals surface area contributed by atoms with E-state index in [4.69, 9.17) is 10.5 Å². The Morgan fingerprint density at radius 3 is 2.72 bits per heavy atom. The van der Waals surface area contributed by atoms with Crippen LogP contribution in [0.2, 0.25) is 0 Å². The Morgan fingerprint density at radius 2 is 2.00 bits per heavy atom. The van der Waals surface area contributed by atoms with E-state index in [1.807, 2.05) is 6.92 Å². The fourth-order valence-electron chi connectivity index (χ4n) is 2.96. The number of rotatable bonds is 4. The lowest BCUT2D eigenvalue weighted by atomic mass is 9.90. The van der Waals surface area contributed by atoms with Crippen LogP contribution in [0.15, 0.2) is 18.2 Å². The molecule has 2 N–H and O–H groups in total. The Morgan fingerprint density at radius 1 is 1.28 bits per heavy atom. The molecule has 1 aromatic carbocycles. The van der Waals surface area contributed by atoms with Gasteiger partial charge in [0.25, 0.3) is 0 Å². The number of benzene rings is 1. The van der Waals surface area contributed by atoms with Gasteiger partial charge in [0.05, 0.1) is 0 Å². The maximum absolute atomic E-state index is 6.23. The molecule has 0 spiro atoms. The van der Waals surface area contributed by atoms with Crippen molar-refractivity contribution in [3.63, 3.8) is 0 Å². The lowest BCUT2D eigenvalue weighted by Crippen LogP contribution is -2.35. The van der Waals surface area contributed by atoms with Gasteiger partial charge in [0.15, 0.2) is 0 Å². The summed E-state index contributed by atoms with van der Waals surface area (Å²) in [5.74, 6) is 1.07. The van der Waals surface area contributed by atoms with Crippen LogP contribution >= 0.6 is 0 Å². The highest BCUT2D eigenvalue weighted by Gasteiger charge is 2.24. The van der Waals surface area contributed by atoms with E-state index in [-0.39, 0.29) is 11.6 Å². The summed E-state index contributed by atoms with van der Waals surface area (Å²) < 4.78 is 6.23. The van der Waals surface area contributed by atoms with Crippen molar-refractivity contribution in [1.29, 1.82) is 0 Å². The molecule has 1 aliphatic rings. The number of hydrogen-bond donors (Lipinski definition) is 1. The van der Waals surface area contributed by atoms with Gasteiger partial charge in [-0.25, -0.2) is 0 Å². The van der Waals surface area contributed by atoms with Gasteiger partial charge < -0.3 is 10.5 Å². The van der Waals surface area contributed by atoms with Crippen LogP contribution in [0.5, 0.6) is 5.75 Å². The summed E-state index contributed by atoms with van der Waals surface area (Å²) in [5, 5.41) is 0. The van der Waals surface area contributed by atoms with Gasteiger partial charge in [0.1, 0.15) is 11.4 Å². The van der Waals surface area contributed by atoms with E-state index >= 15 is 0 Å². The van der Waals surface area contributed by atoms with Crippen molar-refractivity contribution >= 4 is 0 Å². The molecule has 0 aliphatic heterocycles. The minimum absolute atomic E-state index is 0.166. The fourth-order valence-corrected chi connectivity index (χ4v) is 2.96. The molecule has 18 heavy (non-hydrogen) atoms. The summed E-state index contributed by atoms with van der Waals surface area (Å²) in [6.45, 7) is 6.28. The minimum Gasteiger partial charge on any atom is -0.488 e. The molecule has 0 amide bonds. The molecule has 0 fully saturated rings. The number of aryl methyl sites for hydroxylation is 1. The Balaban J connectivity index is 2.19. The third kappa shape index (κ3) is 3.26. The van der Waals surface area contributed by atoms with Crippen LogP contribution in [0.25, 0.3) is 0 Å². The molecular formula is C16H25NO. The van der Waals surface area contributed by atoms with Crippen molar-refractivity contribution in [2.45, 2.75) is 64.5 Å². The smallest absolute Gasteiger partial charge is 0.123 e. The number of ether oxygens (including phenoxy) is 1. The Hall–Kier alpha value is -1.02. The predicted octanol–water partition coefficient (Wildman–Crippen LogP) is 3.46. The third-order valence-electron chi connectivity index (χ3n) is 3.55. The summed E-state index contributed by atoms with van der Waals surface area (Å²) in [6.07, 6.45) is 5.80. The summed E-state index contributed by atoms with van der Waals surface area (Å²) in [5.41, 5.74) is 8.58. The number of fused-ring (bicyclic) bond motifs is 1. The van der Waals surface area contributed by atoms with E-state index < -0.39 is 0 Å². The minimum atomic E-state index is -0.194. The molecule has 2 rings (SSSR count). The topological polar surface area (TPSA) is 35.2 Å². The standard InChI is InChI=1S/C16H25NO/c1-12(17)11-16(2,3)18-15-10-6-8-13-7-4-5-9-14(13)15/h6,8,10,12H,4-5,7,9,11,17H2,1-3H3. The second-order valence-electron chi connectivity index (χ2n) is 6.14. The van der Waals surface area contributed by atoms with Gasteiger partial charge >= 0.3 is 0 Å². The van der Waals surface area contributed by atoms with Crippen LogP contribution in [0.3, 0.4) is 0 Å². The summed E-state index contributed by atoms with van der Waals surface area (Å²) in [6, 6.07) is 6.62. The Kier molecular flexibility index (Phi) is 3.96. The average Bonchev–Trinajstić information content (AvgIpc) is 2.27. The molecule has 100 valence electrons. The monoisotopic (exact) mass is 247 g/mol. The SMILES string of the molecule is CC(N)CC(C)(C)Oc1cccc2c1CCCC2. The van der Waals surface area contributed by atoms with Gasteiger partial charge in [-0.2, -0.15) is 0 Å².